The Labute approximate surface area is 161 Å². The zero-order valence-electron chi connectivity index (χ0n) is 16.2. The number of methoxy groups -OCH3 is 2. The van der Waals surface area contributed by atoms with Gasteiger partial charge in [-0.3, -0.25) is 4.90 Å². The van der Waals surface area contributed by atoms with Gasteiger partial charge in [-0.25, -0.2) is 0 Å². The molecule has 1 heterocycles. The highest BCUT2D eigenvalue weighted by molar-refractivity contribution is 5.33. The van der Waals surface area contributed by atoms with Crippen molar-refractivity contribution in [1.82, 2.24) is 4.90 Å². The average molecular weight is 367 g/mol. The van der Waals surface area contributed by atoms with E-state index in [4.69, 9.17) is 9.47 Å². The molecule has 0 radical (unpaired) electrons. The van der Waals surface area contributed by atoms with Crippen LogP contribution in [0.25, 0.3) is 0 Å². The summed E-state index contributed by atoms with van der Waals surface area (Å²) in [5, 5.41) is 11.8. The topological polar surface area (TPSA) is 41.9 Å². The lowest BCUT2D eigenvalue weighted by molar-refractivity contribution is -0.148. The van der Waals surface area contributed by atoms with Gasteiger partial charge in [-0.2, -0.15) is 0 Å². The summed E-state index contributed by atoms with van der Waals surface area (Å²) in [4.78, 5) is 2.51. The maximum absolute atomic E-state index is 11.8. The third-order valence-electron chi connectivity index (χ3n) is 6.42. The number of hydrogen-bond acceptors (Lipinski definition) is 4. The first-order valence-electron chi connectivity index (χ1n) is 9.85. The second kappa shape index (κ2) is 7.53. The number of fused-ring (bicyclic) bond motifs is 2. The van der Waals surface area contributed by atoms with Crippen LogP contribution in [0.15, 0.2) is 48.5 Å². The van der Waals surface area contributed by atoms with E-state index in [-0.39, 0.29) is 11.8 Å². The Hall–Kier alpha value is -2.04. The van der Waals surface area contributed by atoms with Crippen LogP contribution in [0.3, 0.4) is 0 Å². The molecule has 2 aliphatic rings. The van der Waals surface area contributed by atoms with Crippen molar-refractivity contribution in [1.29, 1.82) is 0 Å². The summed E-state index contributed by atoms with van der Waals surface area (Å²) in [5.74, 6) is 2.28. The Balaban J connectivity index is 1.52. The van der Waals surface area contributed by atoms with Crippen molar-refractivity contribution in [3.63, 3.8) is 0 Å². The zero-order valence-corrected chi connectivity index (χ0v) is 16.2. The van der Waals surface area contributed by atoms with Gasteiger partial charge < -0.3 is 14.6 Å². The second-order valence-electron chi connectivity index (χ2n) is 7.92. The van der Waals surface area contributed by atoms with Crippen LogP contribution >= 0.6 is 0 Å². The molecule has 2 aromatic carbocycles. The van der Waals surface area contributed by atoms with Gasteiger partial charge in [-0.05, 0) is 48.2 Å². The van der Waals surface area contributed by atoms with Gasteiger partial charge >= 0.3 is 0 Å². The molecule has 1 aliphatic carbocycles. The first-order chi connectivity index (χ1) is 13.1. The molecule has 1 aliphatic heterocycles. The second-order valence-corrected chi connectivity index (χ2v) is 7.92. The molecule has 1 saturated carbocycles. The summed E-state index contributed by atoms with van der Waals surface area (Å²) in [6, 6.07) is 16.3. The number of benzene rings is 2. The summed E-state index contributed by atoms with van der Waals surface area (Å²) in [7, 11) is 3.37. The molecular weight excluding hydrogens is 338 g/mol. The molecule has 3 atom stereocenters. The SMILES string of the molecule is COc1ccc(CN2C[C@H]3CCC[C@@H](C2)C3(O)c2ccc(OC)cc2)cc1. The Morgan fingerprint density at radius 1 is 0.889 bits per heavy atom. The molecule has 1 N–H and O–H groups in total. The standard InChI is InChI=1S/C23H29NO3/c1-26-21-10-6-17(7-11-21)14-24-15-19-4-3-5-20(16-24)23(19,25)18-8-12-22(27-2)13-9-18/h6-13,19-20,25H,3-5,14-16H2,1-2H3/t19-,20+,23?. The van der Waals surface area contributed by atoms with Crippen molar-refractivity contribution < 1.29 is 14.6 Å². The molecule has 0 spiro atoms. The van der Waals surface area contributed by atoms with Crippen LogP contribution in [-0.2, 0) is 12.1 Å². The van der Waals surface area contributed by atoms with E-state index in [2.05, 4.69) is 17.0 Å². The number of nitrogens with zero attached hydrogens (tertiary/aromatic N) is 1. The normalized spacial score (nSPS) is 28.0. The number of aliphatic hydroxyl groups is 1. The lowest BCUT2D eigenvalue weighted by Gasteiger charge is -2.53. The van der Waals surface area contributed by atoms with Crippen molar-refractivity contribution >= 4 is 0 Å². The quantitative estimate of drug-likeness (QED) is 0.872. The zero-order chi connectivity index (χ0) is 18.9. The summed E-state index contributed by atoms with van der Waals surface area (Å²) in [6.07, 6.45) is 3.38. The lowest BCUT2D eigenvalue weighted by atomic mass is 9.62. The summed E-state index contributed by atoms with van der Waals surface area (Å²) >= 11 is 0. The maximum atomic E-state index is 11.8. The molecule has 2 fully saturated rings. The third-order valence-corrected chi connectivity index (χ3v) is 6.42. The summed E-state index contributed by atoms with van der Waals surface area (Å²) in [6.45, 7) is 2.80. The van der Waals surface area contributed by atoms with E-state index in [9.17, 15) is 5.11 Å². The highest BCUT2D eigenvalue weighted by Gasteiger charge is 2.51. The largest absolute Gasteiger partial charge is 0.497 e. The van der Waals surface area contributed by atoms with E-state index >= 15 is 0 Å². The minimum Gasteiger partial charge on any atom is -0.497 e. The van der Waals surface area contributed by atoms with Gasteiger partial charge in [0.1, 0.15) is 11.5 Å². The van der Waals surface area contributed by atoms with Crippen molar-refractivity contribution in [2.75, 3.05) is 27.3 Å². The Kier molecular flexibility index (Phi) is 5.11. The first kappa shape index (κ1) is 18.3. The van der Waals surface area contributed by atoms with E-state index in [1.54, 1.807) is 14.2 Å². The fraction of sp³-hybridized carbons (Fsp3) is 0.478. The van der Waals surface area contributed by atoms with Crippen LogP contribution in [0.2, 0.25) is 0 Å². The maximum Gasteiger partial charge on any atom is 0.118 e. The van der Waals surface area contributed by atoms with E-state index in [0.29, 0.717) is 0 Å². The van der Waals surface area contributed by atoms with Crippen LogP contribution < -0.4 is 9.47 Å². The fourth-order valence-corrected chi connectivity index (χ4v) is 4.99. The Bertz CT molecular complexity index is 742. The summed E-state index contributed by atoms with van der Waals surface area (Å²) in [5.41, 5.74) is 1.62. The summed E-state index contributed by atoms with van der Waals surface area (Å²) < 4.78 is 10.5. The monoisotopic (exact) mass is 367 g/mol. The number of ether oxygens (including phenoxy) is 2. The molecule has 0 aromatic heterocycles. The molecule has 4 nitrogen and oxygen atoms in total. The average Bonchev–Trinajstić information content (AvgIpc) is 2.69. The fourth-order valence-electron chi connectivity index (χ4n) is 4.99. The van der Waals surface area contributed by atoms with Gasteiger partial charge in [-0.1, -0.05) is 30.7 Å². The van der Waals surface area contributed by atoms with E-state index in [1.165, 1.54) is 12.0 Å². The van der Waals surface area contributed by atoms with E-state index in [1.807, 2.05) is 36.4 Å². The molecule has 144 valence electrons. The Morgan fingerprint density at radius 2 is 1.41 bits per heavy atom. The minimum absolute atomic E-state index is 0.275. The molecule has 4 heteroatoms. The van der Waals surface area contributed by atoms with Crippen LogP contribution in [-0.4, -0.2) is 37.3 Å². The highest BCUT2D eigenvalue weighted by atomic mass is 16.5. The van der Waals surface area contributed by atoms with Crippen molar-refractivity contribution in [3.8, 4) is 11.5 Å². The van der Waals surface area contributed by atoms with Gasteiger partial charge in [0.25, 0.3) is 0 Å². The number of likely N-dealkylation sites (tertiary alicyclic amines) is 1. The van der Waals surface area contributed by atoms with Crippen LogP contribution in [0.1, 0.15) is 30.4 Å². The molecule has 27 heavy (non-hydrogen) atoms. The predicted molar refractivity (Wildman–Crippen MR) is 106 cm³/mol. The smallest absolute Gasteiger partial charge is 0.118 e. The molecule has 0 amide bonds. The van der Waals surface area contributed by atoms with Gasteiger partial charge in [-0.15, -0.1) is 0 Å². The lowest BCUT2D eigenvalue weighted by Crippen LogP contribution is -2.57. The van der Waals surface area contributed by atoms with Gasteiger partial charge in [0.15, 0.2) is 0 Å². The van der Waals surface area contributed by atoms with E-state index < -0.39 is 5.60 Å². The number of rotatable bonds is 5. The van der Waals surface area contributed by atoms with Crippen LogP contribution in [0, 0.1) is 11.8 Å². The van der Waals surface area contributed by atoms with Gasteiger partial charge in [0.05, 0.1) is 19.8 Å². The number of piperidine rings is 1. The number of hydrogen-bond donors (Lipinski definition) is 1. The Morgan fingerprint density at radius 3 is 1.93 bits per heavy atom. The van der Waals surface area contributed by atoms with Crippen molar-refractivity contribution in [3.05, 3.63) is 59.7 Å². The van der Waals surface area contributed by atoms with E-state index in [0.717, 1.165) is 49.5 Å². The third kappa shape index (κ3) is 3.44. The molecule has 4 rings (SSSR count). The first-order valence-corrected chi connectivity index (χ1v) is 9.85. The van der Waals surface area contributed by atoms with Crippen molar-refractivity contribution in [2.24, 2.45) is 11.8 Å². The van der Waals surface area contributed by atoms with Gasteiger partial charge in [0, 0.05) is 31.5 Å². The van der Waals surface area contributed by atoms with Crippen LogP contribution in [0.5, 0.6) is 11.5 Å². The molecule has 1 saturated heterocycles. The molecule has 2 aromatic rings. The molecular formula is C23H29NO3. The molecule has 2 bridgehead atoms. The van der Waals surface area contributed by atoms with Crippen LogP contribution in [0.4, 0.5) is 0 Å². The minimum atomic E-state index is -0.721. The van der Waals surface area contributed by atoms with Crippen molar-refractivity contribution in [2.45, 2.75) is 31.4 Å². The molecule has 1 unspecified atom stereocenters. The van der Waals surface area contributed by atoms with Gasteiger partial charge in [0.2, 0.25) is 0 Å². The predicted octanol–water partition coefficient (Wildman–Crippen LogP) is 3.82. The highest BCUT2D eigenvalue weighted by Crippen LogP contribution is 2.49.